The molecule has 5 rings (SSSR count). The number of fused-ring (bicyclic) bond motifs is 3. The molecular weight excluding hydrogens is 490 g/mol. The normalized spacial score (nSPS) is 26.7. The Kier molecular flexibility index (Phi) is 5.87. The summed E-state index contributed by atoms with van der Waals surface area (Å²) >= 11 is 0. The van der Waals surface area contributed by atoms with Crippen molar-refractivity contribution in [2.24, 2.45) is 29.4 Å². The SMILES string of the molecule is COc1ccc(-c2ccc(O)c3c2C[C@H]2C[C@H]4[C@H](C(C)C)C(=O)C(C(N)=O)=C(O)[C@@]4(O)C(=O)C2=C3O)cc1. The fourth-order valence-electron chi connectivity index (χ4n) is 6.53. The van der Waals surface area contributed by atoms with Crippen LogP contribution in [0.2, 0.25) is 0 Å². The number of aromatic hydroxyl groups is 1. The second kappa shape index (κ2) is 8.73. The number of phenols is 1. The lowest BCUT2D eigenvalue weighted by atomic mass is 9.54. The van der Waals surface area contributed by atoms with Crippen LogP contribution in [0, 0.1) is 23.7 Å². The van der Waals surface area contributed by atoms with E-state index in [1.165, 1.54) is 6.07 Å². The third-order valence-electron chi connectivity index (χ3n) is 8.25. The van der Waals surface area contributed by atoms with Gasteiger partial charge in [0.25, 0.3) is 5.91 Å². The molecule has 1 saturated carbocycles. The summed E-state index contributed by atoms with van der Waals surface area (Å²) < 4.78 is 5.24. The van der Waals surface area contributed by atoms with Crippen molar-refractivity contribution in [3.63, 3.8) is 0 Å². The van der Waals surface area contributed by atoms with Crippen molar-refractivity contribution in [1.29, 1.82) is 0 Å². The molecule has 0 aromatic heterocycles. The van der Waals surface area contributed by atoms with E-state index in [0.29, 0.717) is 11.3 Å². The average Bonchev–Trinajstić information content (AvgIpc) is 2.86. The predicted octanol–water partition coefficient (Wildman–Crippen LogP) is 2.98. The monoisotopic (exact) mass is 519 g/mol. The van der Waals surface area contributed by atoms with Gasteiger partial charge in [-0.05, 0) is 59.6 Å². The van der Waals surface area contributed by atoms with E-state index in [4.69, 9.17) is 10.5 Å². The van der Waals surface area contributed by atoms with Gasteiger partial charge in [0.05, 0.1) is 12.7 Å². The van der Waals surface area contributed by atoms with Crippen LogP contribution in [0.1, 0.15) is 31.4 Å². The van der Waals surface area contributed by atoms with Crippen molar-refractivity contribution < 1.29 is 39.5 Å². The Labute approximate surface area is 218 Å². The maximum Gasteiger partial charge on any atom is 0.255 e. The van der Waals surface area contributed by atoms with Gasteiger partial charge in [0.15, 0.2) is 11.4 Å². The van der Waals surface area contributed by atoms with Crippen LogP contribution in [0.25, 0.3) is 16.9 Å². The van der Waals surface area contributed by atoms with Gasteiger partial charge in [-0.1, -0.05) is 32.0 Å². The standard InChI is InChI=1S/C29H29NO8/c1-12(2)20-18-11-14-10-17-16(13-4-6-15(38-3)7-5-13)8-9-19(31)22(17)25(33)21(14)26(34)29(18,37)27(35)23(24(20)32)28(30)36/h4-9,12,14,18,20,31,33,35,37H,10-11H2,1-3H3,(H2,30,36)/t14-,18-,20-,29-/m0/s1. The van der Waals surface area contributed by atoms with Gasteiger partial charge in [0.1, 0.15) is 28.6 Å². The van der Waals surface area contributed by atoms with Crippen molar-refractivity contribution in [2.45, 2.75) is 32.3 Å². The highest BCUT2D eigenvalue weighted by Crippen LogP contribution is 2.55. The van der Waals surface area contributed by atoms with Crippen molar-refractivity contribution in [3.8, 4) is 22.6 Å². The van der Waals surface area contributed by atoms with Gasteiger partial charge in [-0.3, -0.25) is 14.4 Å². The zero-order valence-electron chi connectivity index (χ0n) is 21.2. The lowest BCUT2D eigenvalue weighted by molar-refractivity contribution is -0.155. The zero-order chi connectivity index (χ0) is 27.7. The van der Waals surface area contributed by atoms with Crippen molar-refractivity contribution in [3.05, 3.63) is 64.4 Å². The Bertz CT molecular complexity index is 1450. The molecule has 2 aromatic rings. The molecule has 3 aliphatic rings. The average molecular weight is 520 g/mol. The molecule has 0 radical (unpaired) electrons. The highest BCUT2D eigenvalue weighted by Gasteiger charge is 2.64. The van der Waals surface area contributed by atoms with Gasteiger partial charge in [-0.25, -0.2) is 0 Å². The maximum absolute atomic E-state index is 13.9. The molecule has 0 spiro atoms. The number of carbonyl (C=O) groups is 3. The smallest absolute Gasteiger partial charge is 0.255 e. The van der Waals surface area contributed by atoms with Gasteiger partial charge in [-0.15, -0.1) is 0 Å². The van der Waals surface area contributed by atoms with E-state index in [1.54, 1.807) is 39.2 Å². The number of ketones is 2. The Balaban J connectivity index is 1.72. The minimum absolute atomic E-state index is 0.0610. The lowest BCUT2D eigenvalue weighted by Crippen LogP contribution is -2.62. The van der Waals surface area contributed by atoms with Crippen molar-refractivity contribution >= 4 is 23.2 Å². The first-order valence-corrected chi connectivity index (χ1v) is 12.4. The number of nitrogens with two attached hydrogens (primary N) is 1. The van der Waals surface area contributed by atoms with Crippen LogP contribution in [0.4, 0.5) is 0 Å². The number of hydrogen-bond acceptors (Lipinski definition) is 8. The molecule has 38 heavy (non-hydrogen) atoms. The second-order valence-electron chi connectivity index (χ2n) is 10.5. The molecule has 1 amide bonds. The number of primary amides is 1. The molecule has 3 aliphatic carbocycles. The van der Waals surface area contributed by atoms with Crippen LogP contribution in [0.15, 0.2) is 53.3 Å². The van der Waals surface area contributed by atoms with Crippen LogP contribution >= 0.6 is 0 Å². The van der Waals surface area contributed by atoms with E-state index >= 15 is 0 Å². The number of rotatable bonds is 4. The first kappa shape index (κ1) is 25.5. The third kappa shape index (κ3) is 3.38. The number of phenolic OH excluding ortho intramolecular Hbond substituents is 1. The molecule has 4 atom stereocenters. The van der Waals surface area contributed by atoms with Gasteiger partial charge < -0.3 is 30.9 Å². The van der Waals surface area contributed by atoms with E-state index in [9.17, 15) is 34.8 Å². The maximum atomic E-state index is 13.9. The number of amides is 1. The summed E-state index contributed by atoms with van der Waals surface area (Å²) in [5.41, 5.74) is 4.00. The quantitative estimate of drug-likeness (QED) is 0.384. The number of benzene rings is 2. The number of aliphatic hydroxyl groups excluding tert-OH is 2. The molecule has 198 valence electrons. The highest BCUT2D eigenvalue weighted by atomic mass is 16.5. The van der Waals surface area contributed by atoms with E-state index in [0.717, 1.165) is 11.1 Å². The summed E-state index contributed by atoms with van der Waals surface area (Å²) in [4.78, 5) is 39.2. The number of Topliss-reactive ketones (excluding diaryl/α,β-unsaturated/α-hetero) is 2. The van der Waals surface area contributed by atoms with E-state index < -0.39 is 57.9 Å². The summed E-state index contributed by atoms with van der Waals surface area (Å²) in [6.07, 6.45) is 0.304. The van der Waals surface area contributed by atoms with Gasteiger partial charge in [-0.2, -0.15) is 0 Å². The summed E-state index contributed by atoms with van der Waals surface area (Å²) in [6.45, 7) is 3.46. The molecular formula is C29H29NO8. The zero-order valence-corrected chi connectivity index (χ0v) is 21.2. The Morgan fingerprint density at radius 3 is 2.32 bits per heavy atom. The van der Waals surface area contributed by atoms with Crippen LogP contribution in [-0.4, -0.2) is 50.6 Å². The van der Waals surface area contributed by atoms with Crippen molar-refractivity contribution in [2.75, 3.05) is 7.11 Å². The van der Waals surface area contributed by atoms with Gasteiger partial charge >= 0.3 is 0 Å². The van der Waals surface area contributed by atoms with Gasteiger partial charge in [0.2, 0.25) is 5.78 Å². The number of carbonyl (C=O) groups excluding carboxylic acids is 3. The second-order valence-corrected chi connectivity index (χ2v) is 10.5. The summed E-state index contributed by atoms with van der Waals surface area (Å²) in [5, 5.41) is 44.7. The minimum atomic E-state index is -2.62. The first-order valence-electron chi connectivity index (χ1n) is 12.4. The largest absolute Gasteiger partial charge is 0.508 e. The molecule has 0 saturated heterocycles. The summed E-state index contributed by atoms with van der Waals surface area (Å²) in [6, 6.07) is 10.4. The number of aliphatic hydroxyl groups is 3. The highest BCUT2D eigenvalue weighted by molar-refractivity contribution is 6.23. The van der Waals surface area contributed by atoms with Crippen LogP contribution in [0.5, 0.6) is 11.5 Å². The minimum Gasteiger partial charge on any atom is -0.508 e. The Morgan fingerprint density at radius 2 is 1.74 bits per heavy atom. The fourth-order valence-corrected chi connectivity index (χ4v) is 6.53. The molecule has 2 aromatic carbocycles. The van der Waals surface area contributed by atoms with Crippen LogP contribution in [-0.2, 0) is 20.8 Å². The molecule has 0 bridgehead atoms. The lowest BCUT2D eigenvalue weighted by Gasteiger charge is -2.50. The van der Waals surface area contributed by atoms with E-state index in [2.05, 4.69) is 0 Å². The molecule has 0 unspecified atom stereocenters. The Morgan fingerprint density at radius 1 is 1.08 bits per heavy atom. The van der Waals surface area contributed by atoms with Gasteiger partial charge in [0, 0.05) is 17.4 Å². The molecule has 9 nitrogen and oxygen atoms in total. The van der Waals surface area contributed by atoms with E-state index in [1.807, 2.05) is 12.1 Å². The number of ether oxygens (including phenoxy) is 1. The third-order valence-corrected chi connectivity index (χ3v) is 8.25. The molecule has 0 aliphatic heterocycles. The van der Waals surface area contributed by atoms with Crippen LogP contribution in [0.3, 0.4) is 0 Å². The number of methoxy groups -OCH3 is 1. The first-order chi connectivity index (χ1) is 17.9. The predicted molar refractivity (Wildman–Crippen MR) is 137 cm³/mol. The van der Waals surface area contributed by atoms with Crippen LogP contribution < -0.4 is 10.5 Å². The Hall–Kier alpha value is -4.11. The topological polar surface area (TPSA) is 167 Å². The summed E-state index contributed by atoms with van der Waals surface area (Å²) in [7, 11) is 1.56. The molecule has 1 fully saturated rings. The molecule has 9 heteroatoms. The van der Waals surface area contributed by atoms with Crippen molar-refractivity contribution in [1.82, 2.24) is 0 Å². The van der Waals surface area contributed by atoms with E-state index in [-0.39, 0.29) is 35.6 Å². The molecule has 6 N–H and O–H groups in total. The fraction of sp³-hybridized carbons (Fsp3) is 0.345. The summed E-state index contributed by atoms with van der Waals surface area (Å²) in [5.74, 6) is -7.15. The molecule has 0 heterocycles. The number of hydrogen-bond donors (Lipinski definition) is 5.